The standard InChI is InChI=1S/C18H10BrFN2O4/c19-14-8-22-7-13(18(25)26)16(14)15-11(5-21-6-12(15)17(23)24)9-1-3-10(20)4-2-9/h1-8H,(H,23,24)(H,25,26). The van der Waals surface area contributed by atoms with Crippen LogP contribution in [0.5, 0.6) is 0 Å². The van der Waals surface area contributed by atoms with E-state index in [1.807, 2.05) is 0 Å². The van der Waals surface area contributed by atoms with Crippen LogP contribution in [0, 0.1) is 5.82 Å². The Kier molecular flexibility index (Phi) is 4.77. The zero-order valence-corrected chi connectivity index (χ0v) is 14.6. The second-order valence-corrected chi connectivity index (χ2v) is 6.13. The molecule has 26 heavy (non-hydrogen) atoms. The fourth-order valence-corrected chi connectivity index (χ4v) is 3.12. The number of benzene rings is 1. The van der Waals surface area contributed by atoms with Crippen molar-refractivity contribution in [2.45, 2.75) is 0 Å². The van der Waals surface area contributed by atoms with Crippen LogP contribution in [0.25, 0.3) is 22.3 Å². The molecule has 3 rings (SSSR count). The van der Waals surface area contributed by atoms with Crippen LogP contribution in [-0.4, -0.2) is 32.1 Å². The molecule has 0 bridgehead atoms. The third-order valence-electron chi connectivity index (χ3n) is 3.71. The fraction of sp³-hybridized carbons (Fsp3) is 0. The van der Waals surface area contributed by atoms with Crippen molar-refractivity contribution >= 4 is 27.9 Å². The molecule has 0 aliphatic rings. The monoisotopic (exact) mass is 416 g/mol. The average molecular weight is 417 g/mol. The predicted octanol–water partition coefficient (Wildman–Crippen LogP) is 4.11. The maximum atomic E-state index is 13.3. The lowest BCUT2D eigenvalue weighted by Crippen LogP contribution is -2.07. The Morgan fingerprint density at radius 2 is 1.38 bits per heavy atom. The third kappa shape index (κ3) is 3.18. The van der Waals surface area contributed by atoms with Gasteiger partial charge < -0.3 is 10.2 Å². The normalized spacial score (nSPS) is 10.5. The van der Waals surface area contributed by atoms with Gasteiger partial charge in [-0.2, -0.15) is 0 Å². The van der Waals surface area contributed by atoms with Gasteiger partial charge in [0, 0.05) is 46.0 Å². The smallest absolute Gasteiger partial charge is 0.337 e. The van der Waals surface area contributed by atoms with Crippen LogP contribution in [-0.2, 0) is 0 Å². The molecule has 2 N–H and O–H groups in total. The van der Waals surface area contributed by atoms with E-state index >= 15 is 0 Å². The molecule has 1 aromatic carbocycles. The van der Waals surface area contributed by atoms with Crippen molar-refractivity contribution in [2.24, 2.45) is 0 Å². The first-order chi connectivity index (χ1) is 12.4. The van der Waals surface area contributed by atoms with Crippen LogP contribution in [0.15, 0.2) is 53.5 Å². The lowest BCUT2D eigenvalue weighted by atomic mass is 9.90. The summed E-state index contributed by atoms with van der Waals surface area (Å²) in [7, 11) is 0. The minimum Gasteiger partial charge on any atom is -0.478 e. The third-order valence-corrected chi connectivity index (χ3v) is 4.31. The lowest BCUT2D eigenvalue weighted by molar-refractivity contribution is 0.0684. The molecular weight excluding hydrogens is 407 g/mol. The van der Waals surface area contributed by atoms with Gasteiger partial charge in [0.05, 0.1) is 11.1 Å². The second kappa shape index (κ2) is 7.01. The van der Waals surface area contributed by atoms with E-state index in [0.717, 1.165) is 12.4 Å². The van der Waals surface area contributed by atoms with Crippen LogP contribution < -0.4 is 0 Å². The minimum atomic E-state index is -1.27. The zero-order chi connectivity index (χ0) is 18.8. The SMILES string of the molecule is O=C(O)c1cncc(Br)c1-c1c(C(=O)O)cncc1-c1ccc(F)cc1. The minimum absolute atomic E-state index is 0.158. The summed E-state index contributed by atoms with van der Waals surface area (Å²) in [6.07, 6.45) is 5.07. The van der Waals surface area contributed by atoms with Gasteiger partial charge in [0.25, 0.3) is 0 Å². The Morgan fingerprint density at radius 1 is 0.846 bits per heavy atom. The number of carboxylic acids is 2. The molecule has 130 valence electrons. The van der Waals surface area contributed by atoms with Crippen LogP contribution in [0.4, 0.5) is 4.39 Å². The Morgan fingerprint density at radius 3 is 1.96 bits per heavy atom. The van der Waals surface area contributed by atoms with Crippen LogP contribution in [0.3, 0.4) is 0 Å². The molecule has 3 aromatic rings. The van der Waals surface area contributed by atoms with Gasteiger partial charge in [-0.1, -0.05) is 12.1 Å². The van der Waals surface area contributed by atoms with E-state index in [0.29, 0.717) is 15.6 Å². The summed E-state index contributed by atoms with van der Waals surface area (Å²) in [4.78, 5) is 31.2. The number of hydrogen-bond donors (Lipinski definition) is 2. The fourth-order valence-electron chi connectivity index (χ4n) is 2.59. The number of carbonyl (C=O) groups is 2. The first-order valence-electron chi connectivity index (χ1n) is 7.24. The number of halogens is 2. The van der Waals surface area contributed by atoms with Crippen LogP contribution >= 0.6 is 15.9 Å². The number of hydrogen-bond acceptors (Lipinski definition) is 4. The van der Waals surface area contributed by atoms with E-state index in [1.165, 1.54) is 36.7 Å². The molecule has 0 unspecified atom stereocenters. The predicted molar refractivity (Wildman–Crippen MR) is 94.5 cm³/mol. The first-order valence-corrected chi connectivity index (χ1v) is 8.04. The van der Waals surface area contributed by atoms with Crippen molar-refractivity contribution in [3.05, 3.63) is 70.5 Å². The van der Waals surface area contributed by atoms with E-state index in [4.69, 9.17) is 0 Å². The van der Waals surface area contributed by atoms with E-state index in [1.54, 1.807) is 0 Å². The number of rotatable bonds is 4. The highest BCUT2D eigenvalue weighted by Gasteiger charge is 2.24. The summed E-state index contributed by atoms with van der Waals surface area (Å²) in [5.74, 6) is -2.97. The Bertz CT molecular complexity index is 1020. The summed E-state index contributed by atoms with van der Waals surface area (Å²) in [6.45, 7) is 0. The molecule has 2 heterocycles. The maximum absolute atomic E-state index is 13.3. The number of nitrogens with zero attached hydrogens (tertiary/aromatic N) is 2. The van der Waals surface area contributed by atoms with Crippen molar-refractivity contribution in [1.29, 1.82) is 0 Å². The average Bonchev–Trinajstić information content (AvgIpc) is 2.61. The lowest BCUT2D eigenvalue weighted by Gasteiger charge is -2.16. The highest BCUT2D eigenvalue weighted by molar-refractivity contribution is 9.10. The molecule has 0 radical (unpaired) electrons. The van der Waals surface area contributed by atoms with Gasteiger partial charge in [-0.05, 0) is 33.6 Å². The Balaban J connectivity index is 2.42. The molecule has 0 spiro atoms. The number of aromatic carboxylic acids is 2. The summed E-state index contributed by atoms with van der Waals surface area (Å²) >= 11 is 3.25. The van der Waals surface area contributed by atoms with Crippen molar-refractivity contribution in [3.8, 4) is 22.3 Å². The highest BCUT2D eigenvalue weighted by Crippen LogP contribution is 2.40. The quantitative estimate of drug-likeness (QED) is 0.663. The molecule has 0 fully saturated rings. The van der Waals surface area contributed by atoms with Gasteiger partial charge in [-0.15, -0.1) is 0 Å². The summed E-state index contributed by atoms with van der Waals surface area (Å²) in [5, 5.41) is 19.1. The second-order valence-electron chi connectivity index (χ2n) is 5.27. The van der Waals surface area contributed by atoms with Gasteiger partial charge in [0.2, 0.25) is 0 Å². The van der Waals surface area contributed by atoms with Gasteiger partial charge in [0.15, 0.2) is 0 Å². The molecule has 6 nitrogen and oxygen atoms in total. The van der Waals surface area contributed by atoms with Gasteiger partial charge in [-0.25, -0.2) is 14.0 Å². The zero-order valence-electron chi connectivity index (χ0n) is 13.0. The molecule has 0 saturated heterocycles. The Hall–Kier alpha value is -3.13. The highest BCUT2D eigenvalue weighted by atomic mass is 79.9. The van der Waals surface area contributed by atoms with E-state index < -0.39 is 17.8 Å². The van der Waals surface area contributed by atoms with Crippen molar-refractivity contribution < 1.29 is 24.2 Å². The summed E-state index contributed by atoms with van der Waals surface area (Å²) in [6, 6.07) is 5.40. The largest absolute Gasteiger partial charge is 0.478 e. The van der Waals surface area contributed by atoms with Gasteiger partial charge in [-0.3, -0.25) is 9.97 Å². The van der Waals surface area contributed by atoms with Crippen LogP contribution in [0.2, 0.25) is 0 Å². The molecule has 8 heteroatoms. The molecule has 0 saturated carbocycles. The molecule has 0 amide bonds. The number of pyridine rings is 2. The molecule has 0 aliphatic heterocycles. The van der Waals surface area contributed by atoms with Crippen LogP contribution in [0.1, 0.15) is 20.7 Å². The van der Waals surface area contributed by atoms with Crippen molar-refractivity contribution in [3.63, 3.8) is 0 Å². The first kappa shape index (κ1) is 17.7. The van der Waals surface area contributed by atoms with E-state index in [9.17, 15) is 24.2 Å². The van der Waals surface area contributed by atoms with Gasteiger partial charge >= 0.3 is 11.9 Å². The number of aromatic nitrogens is 2. The molecule has 2 aromatic heterocycles. The maximum Gasteiger partial charge on any atom is 0.337 e. The molecule has 0 aliphatic carbocycles. The van der Waals surface area contributed by atoms with Crippen molar-refractivity contribution in [2.75, 3.05) is 0 Å². The van der Waals surface area contributed by atoms with Crippen molar-refractivity contribution in [1.82, 2.24) is 9.97 Å². The summed E-state index contributed by atoms with van der Waals surface area (Å²) in [5.41, 5.74) is 0.825. The Labute approximate surface area is 155 Å². The van der Waals surface area contributed by atoms with E-state index in [-0.39, 0.29) is 22.3 Å². The topological polar surface area (TPSA) is 100 Å². The number of carboxylic acid groups (broad SMARTS) is 2. The van der Waals surface area contributed by atoms with E-state index in [2.05, 4.69) is 25.9 Å². The summed E-state index contributed by atoms with van der Waals surface area (Å²) < 4.78 is 13.6. The molecule has 0 atom stereocenters. The van der Waals surface area contributed by atoms with Gasteiger partial charge in [0.1, 0.15) is 5.82 Å². The molecular formula is C18H10BrFN2O4.